The molecule has 0 saturated heterocycles. The van der Waals surface area contributed by atoms with Crippen molar-refractivity contribution in [1.29, 1.82) is 0 Å². The van der Waals surface area contributed by atoms with Crippen LogP contribution in [0.3, 0.4) is 0 Å². The summed E-state index contributed by atoms with van der Waals surface area (Å²) in [7, 11) is 0. The first-order chi connectivity index (χ1) is 27.7. The molecule has 2 nitrogen and oxygen atoms in total. The van der Waals surface area contributed by atoms with Crippen LogP contribution < -0.4 is 0 Å². The molecule has 1 aromatic heterocycles. The number of hydrogen-bond acceptors (Lipinski definition) is 2. The lowest BCUT2D eigenvalue weighted by Gasteiger charge is -2.14. The van der Waals surface area contributed by atoms with E-state index < -0.39 is 0 Å². The molecule has 0 atom stereocenters. The largest absolute Gasteiger partial charge is 0.227 e. The molecule has 10 rings (SSSR count). The van der Waals surface area contributed by atoms with Gasteiger partial charge in [-0.3, -0.25) is 0 Å². The second-order valence-electron chi connectivity index (χ2n) is 14.2. The van der Waals surface area contributed by atoms with Gasteiger partial charge in [0, 0.05) is 21.9 Å². The number of nitrogens with zero attached hydrogens (tertiary/aromatic N) is 2. The van der Waals surface area contributed by atoms with Crippen molar-refractivity contribution in [3.63, 3.8) is 0 Å². The summed E-state index contributed by atoms with van der Waals surface area (Å²) >= 11 is 0. The molecule has 0 saturated carbocycles. The highest BCUT2D eigenvalue weighted by atomic mass is 14.9. The van der Waals surface area contributed by atoms with Crippen molar-refractivity contribution >= 4 is 21.7 Å². The molecule has 0 amide bonds. The summed E-state index contributed by atoms with van der Waals surface area (Å²) in [6.07, 6.45) is 0. The van der Waals surface area contributed by atoms with Gasteiger partial charge >= 0.3 is 0 Å². The van der Waals surface area contributed by atoms with E-state index in [1.165, 1.54) is 44.5 Å². The molecule has 56 heavy (non-hydrogen) atoms. The number of fused-ring (bicyclic) bond motifs is 3. The second-order valence-corrected chi connectivity index (χ2v) is 14.2. The Morgan fingerprint density at radius 1 is 0.232 bits per heavy atom. The van der Waals surface area contributed by atoms with Gasteiger partial charge in [-0.1, -0.05) is 188 Å². The molecule has 262 valence electrons. The molecule has 0 aliphatic heterocycles. The van der Waals surface area contributed by atoms with Crippen LogP contribution in [0, 0.1) is 0 Å². The molecule has 0 aliphatic rings. The number of aromatic nitrogens is 2. The standard InChI is InChI=1S/C54H36N2/c1-4-13-37(14-5-1)45-20-12-21-46(33-45)40-25-29-44(30-26-40)54-55-52(51-32-31-42-19-10-11-22-50(42)53(51)56-54)43-27-23-41(24-28-43)49-35-47(38-15-6-2-7-16-38)34-48(36-49)39-17-8-3-9-18-39/h1-36H. The first-order valence-electron chi connectivity index (χ1n) is 19.1. The van der Waals surface area contributed by atoms with E-state index in [1.54, 1.807) is 0 Å². The zero-order valence-corrected chi connectivity index (χ0v) is 30.7. The fourth-order valence-electron chi connectivity index (χ4n) is 7.74. The monoisotopic (exact) mass is 712 g/mol. The fraction of sp³-hybridized carbons (Fsp3) is 0. The van der Waals surface area contributed by atoms with Crippen LogP contribution >= 0.6 is 0 Å². The Bertz CT molecular complexity index is 2910. The zero-order chi connectivity index (χ0) is 37.3. The molecule has 0 unspecified atom stereocenters. The van der Waals surface area contributed by atoms with Gasteiger partial charge in [-0.05, 0) is 91.4 Å². The van der Waals surface area contributed by atoms with Gasteiger partial charge in [0.05, 0.1) is 11.2 Å². The third-order valence-electron chi connectivity index (χ3n) is 10.7. The molecular weight excluding hydrogens is 677 g/mol. The summed E-state index contributed by atoms with van der Waals surface area (Å²) in [6, 6.07) is 77.7. The highest BCUT2D eigenvalue weighted by Gasteiger charge is 2.15. The van der Waals surface area contributed by atoms with Crippen LogP contribution in [0.4, 0.5) is 0 Å². The van der Waals surface area contributed by atoms with Crippen LogP contribution in [0.5, 0.6) is 0 Å². The molecule has 0 spiro atoms. The van der Waals surface area contributed by atoms with Gasteiger partial charge < -0.3 is 0 Å². The average molecular weight is 713 g/mol. The van der Waals surface area contributed by atoms with E-state index in [4.69, 9.17) is 9.97 Å². The van der Waals surface area contributed by atoms with Crippen molar-refractivity contribution in [3.8, 4) is 78.3 Å². The molecule has 0 radical (unpaired) electrons. The maximum Gasteiger partial charge on any atom is 0.160 e. The van der Waals surface area contributed by atoms with Gasteiger partial charge in [0.25, 0.3) is 0 Å². The predicted octanol–water partition coefficient (Wildman–Crippen LogP) is 14.5. The van der Waals surface area contributed by atoms with E-state index >= 15 is 0 Å². The molecule has 10 aromatic rings. The summed E-state index contributed by atoms with van der Waals surface area (Å²) in [5, 5.41) is 3.31. The minimum atomic E-state index is 0.709. The number of rotatable bonds is 7. The lowest BCUT2D eigenvalue weighted by molar-refractivity contribution is 1.23. The molecule has 9 aromatic carbocycles. The minimum absolute atomic E-state index is 0.709. The Labute approximate surface area is 327 Å². The van der Waals surface area contributed by atoms with Crippen molar-refractivity contribution in [2.75, 3.05) is 0 Å². The van der Waals surface area contributed by atoms with Crippen molar-refractivity contribution in [2.45, 2.75) is 0 Å². The van der Waals surface area contributed by atoms with Crippen LogP contribution in [-0.2, 0) is 0 Å². The molecular formula is C54H36N2. The van der Waals surface area contributed by atoms with Gasteiger partial charge in [0.2, 0.25) is 0 Å². The molecule has 0 N–H and O–H groups in total. The highest BCUT2D eigenvalue weighted by molar-refractivity contribution is 6.09. The molecule has 0 fully saturated rings. The minimum Gasteiger partial charge on any atom is -0.227 e. The SMILES string of the molecule is c1ccc(-c2cccc(-c3ccc(-c4nc(-c5ccc(-c6cc(-c7ccccc7)cc(-c7ccccc7)c6)cc5)c5ccc6ccccc6c5n4)cc3)c2)cc1. The van der Waals surface area contributed by atoms with Gasteiger partial charge in [0.1, 0.15) is 0 Å². The molecule has 2 heteroatoms. The lowest BCUT2D eigenvalue weighted by Crippen LogP contribution is -1.96. The summed E-state index contributed by atoms with van der Waals surface area (Å²) in [5.41, 5.74) is 15.8. The summed E-state index contributed by atoms with van der Waals surface area (Å²) in [4.78, 5) is 10.6. The van der Waals surface area contributed by atoms with E-state index in [2.05, 4.69) is 218 Å². The van der Waals surface area contributed by atoms with Crippen LogP contribution in [0.1, 0.15) is 0 Å². The second kappa shape index (κ2) is 14.4. The van der Waals surface area contributed by atoms with E-state index in [1.807, 2.05) is 0 Å². The van der Waals surface area contributed by atoms with Gasteiger partial charge in [-0.2, -0.15) is 0 Å². The predicted molar refractivity (Wildman–Crippen MR) is 235 cm³/mol. The summed E-state index contributed by atoms with van der Waals surface area (Å²) in [5.74, 6) is 0.709. The van der Waals surface area contributed by atoms with Gasteiger partial charge in [-0.25, -0.2) is 9.97 Å². The summed E-state index contributed by atoms with van der Waals surface area (Å²) < 4.78 is 0. The van der Waals surface area contributed by atoms with E-state index in [0.29, 0.717) is 5.82 Å². The van der Waals surface area contributed by atoms with Crippen molar-refractivity contribution in [3.05, 3.63) is 218 Å². The Morgan fingerprint density at radius 3 is 1.21 bits per heavy atom. The quantitative estimate of drug-likeness (QED) is 0.154. The van der Waals surface area contributed by atoms with Gasteiger partial charge in [0.15, 0.2) is 5.82 Å². The Morgan fingerprint density at radius 2 is 0.643 bits per heavy atom. The maximum atomic E-state index is 5.30. The van der Waals surface area contributed by atoms with Crippen molar-refractivity contribution in [1.82, 2.24) is 9.97 Å². The Balaban J connectivity index is 1.05. The molecule has 1 heterocycles. The maximum absolute atomic E-state index is 5.30. The lowest BCUT2D eigenvalue weighted by atomic mass is 9.92. The fourth-order valence-corrected chi connectivity index (χ4v) is 7.74. The van der Waals surface area contributed by atoms with E-state index in [9.17, 15) is 0 Å². The normalized spacial score (nSPS) is 11.2. The Hall–Kier alpha value is -7.42. The van der Waals surface area contributed by atoms with Crippen LogP contribution in [0.15, 0.2) is 218 Å². The van der Waals surface area contributed by atoms with Crippen LogP contribution in [0.2, 0.25) is 0 Å². The zero-order valence-electron chi connectivity index (χ0n) is 30.7. The highest BCUT2D eigenvalue weighted by Crippen LogP contribution is 2.37. The third kappa shape index (κ3) is 6.44. The molecule has 0 bridgehead atoms. The first kappa shape index (κ1) is 33.2. The number of hydrogen-bond donors (Lipinski definition) is 0. The van der Waals surface area contributed by atoms with E-state index in [-0.39, 0.29) is 0 Å². The van der Waals surface area contributed by atoms with Crippen molar-refractivity contribution < 1.29 is 0 Å². The number of benzene rings is 9. The third-order valence-corrected chi connectivity index (χ3v) is 10.7. The topological polar surface area (TPSA) is 25.8 Å². The van der Waals surface area contributed by atoms with E-state index in [0.717, 1.165) is 49.6 Å². The van der Waals surface area contributed by atoms with Crippen LogP contribution in [0.25, 0.3) is 100.0 Å². The summed E-state index contributed by atoms with van der Waals surface area (Å²) in [6.45, 7) is 0. The average Bonchev–Trinajstić information content (AvgIpc) is 3.29. The smallest absolute Gasteiger partial charge is 0.160 e. The first-order valence-corrected chi connectivity index (χ1v) is 19.1. The van der Waals surface area contributed by atoms with Crippen LogP contribution in [-0.4, -0.2) is 9.97 Å². The van der Waals surface area contributed by atoms with Crippen molar-refractivity contribution in [2.24, 2.45) is 0 Å². The Kier molecular flexibility index (Phi) is 8.55. The van der Waals surface area contributed by atoms with Gasteiger partial charge in [-0.15, -0.1) is 0 Å². The molecule has 0 aliphatic carbocycles.